The number of alkyl halides is 3. The van der Waals surface area contributed by atoms with Gasteiger partial charge < -0.3 is 10.6 Å². The first-order valence-corrected chi connectivity index (χ1v) is 8.15. The van der Waals surface area contributed by atoms with E-state index in [9.17, 15) is 17.6 Å². The summed E-state index contributed by atoms with van der Waals surface area (Å²) in [5.74, 6) is -0.0759. The Morgan fingerprint density at radius 3 is 2.56 bits per heavy atom. The molecule has 0 aliphatic carbocycles. The van der Waals surface area contributed by atoms with Crippen LogP contribution in [0.2, 0.25) is 5.02 Å². The van der Waals surface area contributed by atoms with E-state index in [-0.39, 0.29) is 29.0 Å². The van der Waals surface area contributed by atoms with Crippen molar-refractivity contribution < 1.29 is 17.6 Å². The molecule has 2 aromatic carbocycles. The minimum atomic E-state index is -4.59. The van der Waals surface area contributed by atoms with Gasteiger partial charge >= 0.3 is 6.18 Å². The van der Waals surface area contributed by atoms with Crippen molar-refractivity contribution in [3.05, 3.63) is 76.7 Å². The molecule has 0 saturated heterocycles. The molecule has 0 spiro atoms. The molecule has 0 saturated carbocycles. The summed E-state index contributed by atoms with van der Waals surface area (Å²) in [6.45, 7) is 0.165. The monoisotopic (exact) mass is 396 g/mol. The Labute approximate surface area is 157 Å². The fraction of sp³-hybridized carbons (Fsp3) is 0.111. The first-order valence-electron chi connectivity index (χ1n) is 7.77. The van der Waals surface area contributed by atoms with Crippen LogP contribution in [0.3, 0.4) is 0 Å². The molecular weight excluding hydrogens is 384 g/mol. The number of rotatable bonds is 5. The maximum atomic E-state index is 13.6. The van der Waals surface area contributed by atoms with Crippen molar-refractivity contribution in [2.75, 3.05) is 10.6 Å². The molecule has 3 rings (SSSR count). The van der Waals surface area contributed by atoms with Gasteiger partial charge in [0.15, 0.2) is 0 Å². The molecule has 0 aliphatic heterocycles. The Morgan fingerprint density at radius 2 is 1.81 bits per heavy atom. The zero-order chi connectivity index (χ0) is 19.4. The van der Waals surface area contributed by atoms with Gasteiger partial charge in [0.25, 0.3) is 0 Å². The average Bonchev–Trinajstić information content (AvgIpc) is 2.62. The van der Waals surface area contributed by atoms with Crippen molar-refractivity contribution in [3.63, 3.8) is 0 Å². The van der Waals surface area contributed by atoms with E-state index >= 15 is 0 Å². The number of hydrogen-bond acceptors (Lipinski definition) is 4. The SMILES string of the molecule is Fc1ccccc1CNc1ccnc(Nc2ccc(Cl)cc2C(F)(F)F)n1. The van der Waals surface area contributed by atoms with E-state index in [2.05, 4.69) is 20.6 Å². The van der Waals surface area contributed by atoms with E-state index in [0.29, 0.717) is 11.4 Å². The molecule has 0 aliphatic rings. The van der Waals surface area contributed by atoms with Crippen LogP contribution in [-0.2, 0) is 12.7 Å². The zero-order valence-corrected chi connectivity index (χ0v) is 14.4. The number of anilines is 3. The van der Waals surface area contributed by atoms with Gasteiger partial charge in [-0.05, 0) is 30.3 Å². The average molecular weight is 397 g/mol. The van der Waals surface area contributed by atoms with Crippen LogP contribution in [0, 0.1) is 5.82 Å². The summed E-state index contributed by atoms with van der Waals surface area (Å²) in [6.07, 6.45) is -3.21. The van der Waals surface area contributed by atoms with Crippen LogP contribution in [-0.4, -0.2) is 9.97 Å². The number of nitrogens with zero attached hydrogens (tertiary/aromatic N) is 2. The van der Waals surface area contributed by atoms with Gasteiger partial charge in [-0.2, -0.15) is 18.2 Å². The molecule has 0 radical (unpaired) electrons. The molecular formula is C18H13ClF4N4. The molecule has 0 amide bonds. The van der Waals surface area contributed by atoms with Crippen molar-refractivity contribution in [2.45, 2.75) is 12.7 Å². The Balaban J connectivity index is 1.78. The van der Waals surface area contributed by atoms with Crippen molar-refractivity contribution in [3.8, 4) is 0 Å². The van der Waals surface area contributed by atoms with Crippen molar-refractivity contribution in [2.24, 2.45) is 0 Å². The first-order chi connectivity index (χ1) is 12.8. The molecule has 0 atom stereocenters. The Kier molecular flexibility index (Phi) is 5.46. The lowest BCUT2D eigenvalue weighted by Gasteiger charge is -2.14. The standard InChI is InChI=1S/C18H13ClF4N4/c19-12-5-6-15(13(9-12)18(21,22)23)26-17-24-8-7-16(27-17)25-10-11-3-1-2-4-14(11)20/h1-9H,10H2,(H2,24,25,26,27). The molecule has 2 N–H and O–H groups in total. The molecule has 1 aromatic heterocycles. The minimum Gasteiger partial charge on any atom is -0.366 e. The highest BCUT2D eigenvalue weighted by Gasteiger charge is 2.34. The minimum absolute atomic E-state index is 0.0332. The number of hydrogen-bond donors (Lipinski definition) is 2. The fourth-order valence-corrected chi connectivity index (χ4v) is 2.50. The molecule has 3 aromatic rings. The second-order valence-corrected chi connectivity index (χ2v) is 5.96. The first kappa shape index (κ1) is 18.9. The predicted molar refractivity (Wildman–Crippen MR) is 95.5 cm³/mol. The Hall–Kier alpha value is -2.87. The summed E-state index contributed by atoms with van der Waals surface area (Å²) in [5.41, 5.74) is -0.718. The topological polar surface area (TPSA) is 49.8 Å². The van der Waals surface area contributed by atoms with E-state index in [1.54, 1.807) is 18.2 Å². The summed E-state index contributed by atoms with van der Waals surface area (Å²) in [5, 5.41) is 5.42. The third-order valence-electron chi connectivity index (χ3n) is 3.61. The zero-order valence-electron chi connectivity index (χ0n) is 13.7. The molecule has 140 valence electrons. The van der Waals surface area contributed by atoms with Crippen molar-refractivity contribution in [1.82, 2.24) is 9.97 Å². The second kappa shape index (κ2) is 7.79. The van der Waals surface area contributed by atoms with Gasteiger partial charge in [0, 0.05) is 23.3 Å². The lowest BCUT2D eigenvalue weighted by atomic mass is 10.1. The molecule has 4 nitrogen and oxygen atoms in total. The Morgan fingerprint density at radius 1 is 1.04 bits per heavy atom. The molecule has 0 unspecified atom stereocenters. The number of halogens is 5. The fourth-order valence-electron chi connectivity index (χ4n) is 2.33. The largest absolute Gasteiger partial charge is 0.418 e. The lowest BCUT2D eigenvalue weighted by molar-refractivity contribution is -0.136. The third-order valence-corrected chi connectivity index (χ3v) is 3.84. The molecule has 9 heteroatoms. The van der Waals surface area contributed by atoms with E-state index in [1.165, 1.54) is 30.5 Å². The van der Waals surface area contributed by atoms with Gasteiger partial charge in [0.1, 0.15) is 11.6 Å². The Bertz CT molecular complexity index is 947. The molecule has 0 bridgehead atoms. The quantitative estimate of drug-likeness (QED) is 0.548. The summed E-state index contributed by atoms with van der Waals surface area (Å²) in [7, 11) is 0. The maximum absolute atomic E-state index is 13.6. The van der Waals surface area contributed by atoms with Gasteiger partial charge in [-0.3, -0.25) is 0 Å². The number of nitrogens with one attached hydrogen (secondary N) is 2. The van der Waals surface area contributed by atoms with E-state index < -0.39 is 11.7 Å². The van der Waals surface area contributed by atoms with E-state index in [1.807, 2.05) is 0 Å². The van der Waals surface area contributed by atoms with Crippen LogP contribution in [0.4, 0.5) is 35.0 Å². The van der Waals surface area contributed by atoms with Crippen LogP contribution < -0.4 is 10.6 Å². The summed E-state index contributed by atoms with van der Waals surface area (Å²) in [6, 6.07) is 11.1. The van der Waals surface area contributed by atoms with Crippen LogP contribution >= 0.6 is 11.6 Å². The summed E-state index contributed by atoms with van der Waals surface area (Å²) < 4.78 is 53.2. The van der Waals surface area contributed by atoms with Gasteiger partial charge in [0.2, 0.25) is 5.95 Å². The normalized spacial score (nSPS) is 11.3. The van der Waals surface area contributed by atoms with Gasteiger partial charge in [-0.15, -0.1) is 0 Å². The van der Waals surface area contributed by atoms with Gasteiger partial charge in [0.05, 0.1) is 11.3 Å². The molecule has 0 fully saturated rings. The molecule has 1 heterocycles. The highest BCUT2D eigenvalue weighted by Crippen LogP contribution is 2.37. The van der Waals surface area contributed by atoms with Crippen LogP contribution in [0.25, 0.3) is 0 Å². The number of benzene rings is 2. The summed E-state index contributed by atoms with van der Waals surface area (Å²) in [4.78, 5) is 8.02. The van der Waals surface area contributed by atoms with Crippen LogP contribution in [0.1, 0.15) is 11.1 Å². The maximum Gasteiger partial charge on any atom is 0.418 e. The van der Waals surface area contributed by atoms with Crippen LogP contribution in [0.5, 0.6) is 0 Å². The smallest absolute Gasteiger partial charge is 0.366 e. The van der Waals surface area contributed by atoms with Crippen molar-refractivity contribution in [1.29, 1.82) is 0 Å². The van der Waals surface area contributed by atoms with Crippen molar-refractivity contribution >= 4 is 29.1 Å². The predicted octanol–water partition coefficient (Wildman–Crippen LogP) is 5.64. The number of aromatic nitrogens is 2. The van der Waals surface area contributed by atoms with Crippen LogP contribution in [0.15, 0.2) is 54.7 Å². The van der Waals surface area contributed by atoms with E-state index in [0.717, 1.165) is 6.07 Å². The van der Waals surface area contributed by atoms with E-state index in [4.69, 9.17) is 11.6 Å². The third kappa shape index (κ3) is 4.85. The summed E-state index contributed by atoms with van der Waals surface area (Å²) >= 11 is 5.66. The highest BCUT2D eigenvalue weighted by atomic mass is 35.5. The second-order valence-electron chi connectivity index (χ2n) is 5.52. The van der Waals surface area contributed by atoms with Gasteiger partial charge in [-0.1, -0.05) is 29.8 Å². The lowest BCUT2D eigenvalue weighted by Crippen LogP contribution is -2.10. The van der Waals surface area contributed by atoms with Gasteiger partial charge in [-0.25, -0.2) is 9.37 Å². The molecule has 27 heavy (non-hydrogen) atoms. The highest BCUT2D eigenvalue weighted by molar-refractivity contribution is 6.30.